The molecule has 0 saturated heterocycles. The van der Waals surface area contributed by atoms with Crippen LogP contribution in [0.3, 0.4) is 0 Å². The molecule has 3 N–H and O–H groups in total. The van der Waals surface area contributed by atoms with Crippen molar-refractivity contribution in [3.05, 3.63) is 35.9 Å². The first kappa shape index (κ1) is 22.3. The summed E-state index contributed by atoms with van der Waals surface area (Å²) in [4.78, 5) is 2.27. The fourth-order valence-electron chi connectivity index (χ4n) is 4.36. The summed E-state index contributed by atoms with van der Waals surface area (Å²) in [5, 5.41) is 12.2. The smallest absolute Gasteiger partial charge is 0.169 e. The highest BCUT2D eigenvalue weighted by atomic mass is 32.1. The monoisotopic (exact) mass is 432 g/mol. The molecule has 0 amide bonds. The van der Waals surface area contributed by atoms with Gasteiger partial charge in [-0.1, -0.05) is 68.9 Å². The molecule has 0 radical (unpaired) electrons. The van der Waals surface area contributed by atoms with Crippen LogP contribution in [0, 0.1) is 0 Å². The van der Waals surface area contributed by atoms with Crippen LogP contribution in [-0.4, -0.2) is 40.3 Å². The zero-order valence-corrected chi connectivity index (χ0v) is 19.1. The Morgan fingerprint density at radius 1 is 0.828 bits per heavy atom. The van der Waals surface area contributed by atoms with Gasteiger partial charge < -0.3 is 20.9 Å². The Labute approximate surface area is 187 Å². The third-order valence-corrected chi connectivity index (χ3v) is 6.68. The number of hydrogen-bond donors (Lipinski definition) is 3. The summed E-state index contributed by atoms with van der Waals surface area (Å²) in [6.07, 6.45) is 12.9. The first-order valence-electron chi connectivity index (χ1n) is 11.3. The highest BCUT2D eigenvalue weighted by Crippen LogP contribution is 2.18. The van der Waals surface area contributed by atoms with Gasteiger partial charge in [-0.2, -0.15) is 0 Å². The van der Waals surface area contributed by atoms with E-state index in [9.17, 15) is 0 Å². The first-order chi connectivity index (χ1) is 14.2. The Morgan fingerprint density at radius 3 is 2.03 bits per heavy atom. The van der Waals surface area contributed by atoms with E-state index in [1.165, 1.54) is 69.8 Å². The van der Waals surface area contributed by atoms with E-state index in [-0.39, 0.29) is 0 Å². The molecule has 2 aliphatic rings. The molecule has 1 aromatic rings. The first-order valence-corrected chi connectivity index (χ1v) is 12.2. The minimum atomic E-state index is 0.525. The van der Waals surface area contributed by atoms with Gasteiger partial charge in [0.05, 0.1) is 0 Å². The molecule has 0 heterocycles. The van der Waals surface area contributed by atoms with Gasteiger partial charge in [0.25, 0.3) is 0 Å². The summed E-state index contributed by atoms with van der Waals surface area (Å²) in [6.45, 7) is 2.45. The molecule has 160 valence electrons. The average molecular weight is 433 g/mol. The zero-order valence-electron chi connectivity index (χ0n) is 17.5. The number of nitrogens with one attached hydrogen (secondary N) is 3. The van der Waals surface area contributed by atoms with Gasteiger partial charge in [0.15, 0.2) is 10.2 Å². The van der Waals surface area contributed by atoms with E-state index in [4.69, 9.17) is 24.4 Å². The van der Waals surface area contributed by atoms with Gasteiger partial charge in [0, 0.05) is 31.7 Å². The maximum atomic E-state index is 5.80. The molecule has 2 fully saturated rings. The van der Waals surface area contributed by atoms with Crippen LogP contribution >= 0.6 is 24.4 Å². The molecule has 0 spiro atoms. The molecule has 0 bridgehead atoms. The Balaban J connectivity index is 1.48. The van der Waals surface area contributed by atoms with Crippen molar-refractivity contribution >= 4 is 34.7 Å². The number of benzene rings is 1. The Hall–Kier alpha value is -1.40. The van der Waals surface area contributed by atoms with Crippen molar-refractivity contribution in [2.24, 2.45) is 0 Å². The lowest BCUT2D eigenvalue weighted by atomic mass is 9.96. The third kappa shape index (κ3) is 8.09. The summed E-state index contributed by atoms with van der Waals surface area (Å²) in [7, 11) is 0. The van der Waals surface area contributed by atoms with Crippen molar-refractivity contribution in [2.75, 3.05) is 13.1 Å². The molecule has 6 heteroatoms. The number of hydrogen-bond acceptors (Lipinski definition) is 2. The molecule has 0 unspecified atom stereocenters. The van der Waals surface area contributed by atoms with Gasteiger partial charge in [-0.3, -0.25) is 0 Å². The van der Waals surface area contributed by atoms with Crippen LogP contribution < -0.4 is 16.0 Å². The van der Waals surface area contributed by atoms with Crippen LogP contribution in [0.1, 0.15) is 69.8 Å². The Morgan fingerprint density at radius 2 is 1.41 bits per heavy atom. The summed E-state index contributed by atoms with van der Waals surface area (Å²) in [5.41, 5.74) is 1.28. The van der Waals surface area contributed by atoms with E-state index in [1.807, 2.05) is 0 Å². The fourth-order valence-corrected chi connectivity index (χ4v) is 4.95. The minimum Gasteiger partial charge on any atom is -0.361 e. The topological polar surface area (TPSA) is 39.3 Å². The molecule has 0 aromatic heterocycles. The van der Waals surface area contributed by atoms with Crippen LogP contribution in [0.5, 0.6) is 0 Å². The molecule has 2 aliphatic carbocycles. The van der Waals surface area contributed by atoms with Gasteiger partial charge in [-0.25, -0.2) is 0 Å². The summed E-state index contributed by atoms with van der Waals surface area (Å²) < 4.78 is 0. The van der Waals surface area contributed by atoms with Crippen molar-refractivity contribution in [1.29, 1.82) is 0 Å². The van der Waals surface area contributed by atoms with Crippen molar-refractivity contribution in [3.8, 4) is 0 Å². The quantitative estimate of drug-likeness (QED) is 0.551. The number of thiocarbonyl (C=S) groups is 2. The zero-order chi connectivity index (χ0) is 20.3. The van der Waals surface area contributed by atoms with E-state index in [0.29, 0.717) is 12.1 Å². The molecule has 4 nitrogen and oxygen atoms in total. The van der Waals surface area contributed by atoms with Crippen LogP contribution in [-0.2, 0) is 6.54 Å². The van der Waals surface area contributed by atoms with Crippen LogP contribution in [0.4, 0.5) is 0 Å². The largest absolute Gasteiger partial charge is 0.361 e. The Bertz CT molecular complexity index is 625. The van der Waals surface area contributed by atoms with Crippen LogP contribution in [0.25, 0.3) is 0 Å². The second-order valence-corrected chi connectivity index (χ2v) is 9.22. The second kappa shape index (κ2) is 12.3. The van der Waals surface area contributed by atoms with Gasteiger partial charge >= 0.3 is 0 Å². The SMILES string of the molecule is S=C(NCCN(Cc1ccccc1)C(=S)NC1CCCCC1)NC1CCCCC1. The highest BCUT2D eigenvalue weighted by molar-refractivity contribution is 7.80. The predicted octanol–water partition coefficient (Wildman–Crippen LogP) is 4.49. The van der Waals surface area contributed by atoms with Gasteiger partial charge in [-0.05, 0) is 55.7 Å². The molecule has 3 rings (SSSR count). The lowest BCUT2D eigenvalue weighted by Gasteiger charge is -2.31. The predicted molar refractivity (Wildman–Crippen MR) is 130 cm³/mol. The minimum absolute atomic E-state index is 0.525. The van der Waals surface area contributed by atoms with Crippen molar-refractivity contribution < 1.29 is 0 Å². The highest BCUT2D eigenvalue weighted by Gasteiger charge is 2.18. The lowest BCUT2D eigenvalue weighted by Crippen LogP contribution is -2.49. The average Bonchev–Trinajstić information content (AvgIpc) is 2.75. The van der Waals surface area contributed by atoms with Crippen LogP contribution in [0.2, 0.25) is 0 Å². The van der Waals surface area contributed by atoms with Gasteiger partial charge in [-0.15, -0.1) is 0 Å². The molecular weight excluding hydrogens is 396 g/mol. The molecule has 29 heavy (non-hydrogen) atoms. The lowest BCUT2D eigenvalue weighted by molar-refractivity contribution is 0.368. The molecule has 0 aliphatic heterocycles. The van der Waals surface area contributed by atoms with Crippen LogP contribution in [0.15, 0.2) is 30.3 Å². The summed E-state index contributed by atoms with van der Waals surface area (Å²) >= 11 is 11.3. The second-order valence-electron chi connectivity index (χ2n) is 8.43. The maximum absolute atomic E-state index is 5.80. The number of nitrogens with zero attached hydrogens (tertiary/aromatic N) is 1. The standard InChI is InChI=1S/C23H36N4S2/c28-22(25-20-12-6-2-7-13-20)24-16-17-27(18-19-10-4-1-5-11-19)23(29)26-21-14-8-3-9-15-21/h1,4-5,10-11,20-21H,2-3,6-9,12-18H2,(H,26,29)(H2,24,25,28). The Kier molecular flexibility index (Phi) is 9.48. The normalized spacial score (nSPS) is 18.1. The van der Waals surface area contributed by atoms with Crippen molar-refractivity contribution in [1.82, 2.24) is 20.9 Å². The molecule has 2 saturated carbocycles. The van der Waals surface area contributed by atoms with E-state index >= 15 is 0 Å². The maximum Gasteiger partial charge on any atom is 0.169 e. The fraction of sp³-hybridized carbons (Fsp3) is 0.652. The summed E-state index contributed by atoms with van der Waals surface area (Å²) in [5.74, 6) is 0. The third-order valence-electron chi connectivity index (χ3n) is 6.04. The van der Waals surface area contributed by atoms with E-state index in [1.54, 1.807) is 0 Å². The summed E-state index contributed by atoms with van der Waals surface area (Å²) in [6, 6.07) is 11.6. The molecular formula is C23H36N4S2. The van der Waals surface area contributed by atoms with Gasteiger partial charge in [0.1, 0.15) is 0 Å². The molecule has 1 aromatic carbocycles. The number of rotatable bonds is 7. The van der Waals surface area contributed by atoms with Crippen molar-refractivity contribution in [3.63, 3.8) is 0 Å². The van der Waals surface area contributed by atoms with Crippen molar-refractivity contribution in [2.45, 2.75) is 82.8 Å². The van der Waals surface area contributed by atoms with E-state index in [2.05, 4.69) is 51.2 Å². The van der Waals surface area contributed by atoms with E-state index < -0.39 is 0 Å². The van der Waals surface area contributed by atoms with E-state index in [0.717, 1.165) is 29.9 Å². The van der Waals surface area contributed by atoms with Gasteiger partial charge in [0.2, 0.25) is 0 Å². The molecule has 0 atom stereocenters.